The number of piperidine rings is 1. The normalized spacial score (nSPS) is 13.1. The van der Waals surface area contributed by atoms with Crippen LogP contribution < -0.4 is 29.2 Å². The summed E-state index contributed by atoms with van der Waals surface area (Å²) in [5.41, 5.74) is 3.49. The zero-order valence-corrected chi connectivity index (χ0v) is 27.6. The van der Waals surface area contributed by atoms with Crippen LogP contribution in [0, 0.1) is 26.6 Å². The van der Waals surface area contributed by atoms with Gasteiger partial charge >= 0.3 is 6.09 Å². The molecule has 11 heteroatoms. The Morgan fingerprint density at radius 2 is 1.70 bits per heavy atom. The standard InChI is InChI=1S/C36H42FN5O5/c1-24-20-25(2)34(26(3)21-24)47-36(43)42(30-12-11-28(44-4)23-32(30)45-5)33-14-15-38-35(40-33)39-27-10-13-31(29(37)22-27)46-19-9-18-41-16-7-6-8-17-41/h10-15,20-23H,6-9,16-19H2,1-5H3,(H,38,39,40). The molecular weight excluding hydrogens is 601 g/mol. The topological polar surface area (TPSA) is 98.3 Å². The van der Waals surface area contributed by atoms with Gasteiger partial charge in [-0.3, -0.25) is 0 Å². The van der Waals surface area contributed by atoms with Crippen LogP contribution in [0.2, 0.25) is 0 Å². The molecule has 1 aromatic heterocycles. The summed E-state index contributed by atoms with van der Waals surface area (Å²) >= 11 is 0. The van der Waals surface area contributed by atoms with Gasteiger partial charge in [0, 0.05) is 36.6 Å². The summed E-state index contributed by atoms with van der Waals surface area (Å²) in [6, 6.07) is 15.1. The number of carbonyl (C=O) groups excluding carboxylic acids is 1. The van der Waals surface area contributed by atoms with Gasteiger partial charge in [0.25, 0.3) is 0 Å². The number of aryl methyl sites for hydroxylation is 3. The lowest BCUT2D eigenvalue weighted by Gasteiger charge is -2.26. The van der Waals surface area contributed by atoms with Gasteiger partial charge < -0.3 is 29.2 Å². The van der Waals surface area contributed by atoms with E-state index in [-0.39, 0.29) is 17.5 Å². The van der Waals surface area contributed by atoms with Gasteiger partial charge in [0.05, 0.1) is 26.5 Å². The third-order valence-corrected chi connectivity index (χ3v) is 7.99. The number of anilines is 4. The molecule has 1 amide bonds. The van der Waals surface area contributed by atoms with Crippen LogP contribution in [-0.2, 0) is 0 Å². The van der Waals surface area contributed by atoms with E-state index < -0.39 is 11.9 Å². The number of nitrogens with one attached hydrogen (secondary N) is 1. The average molecular weight is 644 g/mol. The smallest absolute Gasteiger partial charge is 0.425 e. The van der Waals surface area contributed by atoms with Crippen LogP contribution in [0.15, 0.2) is 60.8 Å². The molecule has 0 atom stereocenters. The highest BCUT2D eigenvalue weighted by Gasteiger charge is 2.27. The van der Waals surface area contributed by atoms with Gasteiger partial charge in [-0.15, -0.1) is 0 Å². The minimum Gasteiger partial charge on any atom is -0.497 e. The lowest BCUT2D eigenvalue weighted by Crippen LogP contribution is -2.31. The predicted molar refractivity (Wildman–Crippen MR) is 180 cm³/mol. The number of methoxy groups -OCH3 is 2. The van der Waals surface area contributed by atoms with Gasteiger partial charge in [-0.25, -0.2) is 19.1 Å². The quantitative estimate of drug-likeness (QED) is 0.155. The molecule has 1 fully saturated rings. The summed E-state index contributed by atoms with van der Waals surface area (Å²) in [4.78, 5) is 26.6. The van der Waals surface area contributed by atoms with Crippen molar-refractivity contribution in [2.24, 2.45) is 0 Å². The molecule has 0 radical (unpaired) electrons. The SMILES string of the molecule is COc1ccc(N(C(=O)Oc2c(C)cc(C)cc2C)c2ccnc(Nc3ccc(OCCCN4CCCCC4)c(F)c3)n2)c(OC)c1. The van der Waals surface area contributed by atoms with E-state index >= 15 is 4.39 Å². The first kappa shape index (κ1) is 33.5. The van der Waals surface area contributed by atoms with Gasteiger partial charge in [0.1, 0.15) is 23.1 Å². The van der Waals surface area contributed by atoms with Crippen molar-refractivity contribution in [2.75, 3.05) is 50.7 Å². The Hall–Kier alpha value is -4.90. The number of carbonyl (C=O) groups is 1. The summed E-state index contributed by atoms with van der Waals surface area (Å²) in [6.07, 6.45) is 5.40. The van der Waals surface area contributed by atoms with Crippen molar-refractivity contribution < 1.29 is 28.1 Å². The van der Waals surface area contributed by atoms with E-state index in [0.29, 0.717) is 35.2 Å². The summed E-state index contributed by atoms with van der Waals surface area (Å²) in [5, 5.41) is 3.03. The minimum atomic E-state index is -0.707. The number of rotatable bonds is 12. The van der Waals surface area contributed by atoms with E-state index in [1.54, 1.807) is 43.5 Å². The summed E-state index contributed by atoms with van der Waals surface area (Å²) in [6.45, 7) is 9.39. The summed E-state index contributed by atoms with van der Waals surface area (Å²) < 4.78 is 37.7. The van der Waals surface area contributed by atoms with Crippen LogP contribution in [0.1, 0.15) is 42.4 Å². The fourth-order valence-electron chi connectivity index (χ4n) is 5.76. The van der Waals surface area contributed by atoms with E-state index in [1.807, 2.05) is 32.9 Å². The number of benzene rings is 3. The van der Waals surface area contributed by atoms with Crippen molar-refractivity contribution in [3.05, 3.63) is 83.3 Å². The zero-order chi connectivity index (χ0) is 33.3. The highest BCUT2D eigenvalue weighted by atomic mass is 19.1. The molecule has 47 heavy (non-hydrogen) atoms. The number of aromatic nitrogens is 2. The Bertz CT molecular complexity index is 1670. The molecule has 0 saturated carbocycles. The van der Waals surface area contributed by atoms with Crippen LogP contribution in [-0.4, -0.2) is 61.4 Å². The Morgan fingerprint density at radius 3 is 2.40 bits per heavy atom. The lowest BCUT2D eigenvalue weighted by atomic mass is 10.1. The fourth-order valence-corrected chi connectivity index (χ4v) is 5.76. The molecule has 1 aliphatic rings. The van der Waals surface area contributed by atoms with Crippen LogP contribution in [0.4, 0.5) is 32.3 Å². The third-order valence-electron chi connectivity index (χ3n) is 7.99. The number of amides is 1. The Labute approximate surface area is 275 Å². The molecular formula is C36H42FN5O5. The number of hydrogen-bond donors (Lipinski definition) is 1. The van der Waals surface area contributed by atoms with Crippen LogP contribution in [0.3, 0.4) is 0 Å². The molecule has 0 spiro atoms. The largest absolute Gasteiger partial charge is 0.497 e. The van der Waals surface area contributed by atoms with Crippen molar-refractivity contribution in [3.8, 4) is 23.0 Å². The molecule has 248 valence electrons. The maximum Gasteiger partial charge on any atom is 0.425 e. The van der Waals surface area contributed by atoms with Crippen molar-refractivity contribution in [3.63, 3.8) is 0 Å². The Kier molecular flexibility index (Phi) is 11.1. The molecule has 4 aromatic rings. The maximum atomic E-state index is 15.0. The highest BCUT2D eigenvalue weighted by Crippen LogP contribution is 2.37. The molecule has 0 aliphatic carbocycles. The van der Waals surface area contributed by atoms with Gasteiger partial charge in [-0.05, 0) is 88.5 Å². The van der Waals surface area contributed by atoms with Gasteiger partial charge in [-0.1, -0.05) is 24.1 Å². The lowest BCUT2D eigenvalue weighted by molar-refractivity contribution is 0.203. The molecule has 1 aliphatic heterocycles. The van der Waals surface area contributed by atoms with Crippen LogP contribution in [0.5, 0.6) is 23.0 Å². The molecule has 1 saturated heterocycles. The second-order valence-electron chi connectivity index (χ2n) is 11.6. The molecule has 0 bridgehead atoms. The number of halogens is 1. The minimum absolute atomic E-state index is 0.144. The van der Waals surface area contributed by atoms with E-state index in [1.165, 1.54) is 43.5 Å². The first-order valence-corrected chi connectivity index (χ1v) is 15.8. The highest BCUT2D eigenvalue weighted by molar-refractivity contribution is 5.98. The Balaban J connectivity index is 1.36. The molecule has 0 unspecified atom stereocenters. The van der Waals surface area contributed by atoms with E-state index in [2.05, 4.69) is 20.2 Å². The van der Waals surface area contributed by atoms with Gasteiger partial charge in [0.2, 0.25) is 5.95 Å². The molecule has 3 aromatic carbocycles. The monoisotopic (exact) mass is 643 g/mol. The number of likely N-dealkylation sites (tertiary alicyclic amines) is 1. The molecule has 2 heterocycles. The van der Waals surface area contributed by atoms with Gasteiger partial charge in [-0.2, -0.15) is 4.98 Å². The third kappa shape index (κ3) is 8.48. The summed E-state index contributed by atoms with van der Waals surface area (Å²) in [5.74, 6) is 1.39. The molecule has 5 rings (SSSR count). The van der Waals surface area contributed by atoms with Crippen molar-refractivity contribution in [2.45, 2.75) is 46.5 Å². The zero-order valence-electron chi connectivity index (χ0n) is 27.6. The number of ether oxygens (including phenoxy) is 4. The van der Waals surface area contributed by atoms with Crippen molar-refractivity contribution >= 4 is 29.2 Å². The first-order valence-electron chi connectivity index (χ1n) is 15.8. The van der Waals surface area contributed by atoms with Crippen molar-refractivity contribution in [1.29, 1.82) is 0 Å². The number of hydrogen-bond acceptors (Lipinski definition) is 9. The number of nitrogens with zero attached hydrogens (tertiary/aromatic N) is 4. The molecule has 10 nitrogen and oxygen atoms in total. The van der Waals surface area contributed by atoms with E-state index in [9.17, 15) is 4.79 Å². The average Bonchev–Trinajstić information content (AvgIpc) is 3.06. The fraction of sp³-hybridized carbons (Fsp3) is 0.361. The van der Waals surface area contributed by atoms with E-state index in [4.69, 9.17) is 18.9 Å². The molecule has 1 N–H and O–H groups in total. The first-order chi connectivity index (χ1) is 22.7. The maximum absolute atomic E-state index is 15.0. The summed E-state index contributed by atoms with van der Waals surface area (Å²) in [7, 11) is 3.05. The van der Waals surface area contributed by atoms with Crippen molar-refractivity contribution in [1.82, 2.24) is 14.9 Å². The van der Waals surface area contributed by atoms with E-state index in [0.717, 1.165) is 42.7 Å². The predicted octanol–water partition coefficient (Wildman–Crippen LogP) is 7.89. The van der Waals surface area contributed by atoms with Gasteiger partial charge in [0.15, 0.2) is 11.6 Å². The second kappa shape index (κ2) is 15.6. The Morgan fingerprint density at radius 1 is 0.936 bits per heavy atom. The second-order valence-corrected chi connectivity index (χ2v) is 11.6. The van der Waals surface area contributed by atoms with Crippen LogP contribution >= 0.6 is 0 Å². The van der Waals surface area contributed by atoms with Crippen LogP contribution in [0.25, 0.3) is 0 Å².